The Balaban J connectivity index is 0.000000949. The van der Waals surface area contributed by atoms with E-state index in [-0.39, 0.29) is 29.4 Å². The average Bonchev–Trinajstić information content (AvgIpc) is 3.23. The predicted octanol–water partition coefficient (Wildman–Crippen LogP) is 4.24. The highest BCUT2D eigenvalue weighted by molar-refractivity contribution is 5.88. The van der Waals surface area contributed by atoms with E-state index in [2.05, 4.69) is 12.2 Å². The third-order valence-electron chi connectivity index (χ3n) is 6.61. The average molecular weight is 544 g/mol. The molecule has 1 saturated heterocycles. The highest BCUT2D eigenvalue weighted by Gasteiger charge is 2.48. The minimum absolute atomic E-state index is 0. The summed E-state index contributed by atoms with van der Waals surface area (Å²) in [6.07, 6.45) is 10.6. The Morgan fingerprint density at radius 2 is 1.66 bits per heavy atom. The Hall–Kier alpha value is -1.71. The first kappa shape index (κ1) is 36.3. The van der Waals surface area contributed by atoms with Crippen molar-refractivity contribution in [2.75, 3.05) is 13.2 Å². The van der Waals surface area contributed by atoms with Crippen molar-refractivity contribution in [3.05, 3.63) is 0 Å². The summed E-state index contributed by atoms with van der Waals surface area (Å²) in [5.41, 5.74) is 5.35. The standard InChI is InChI=1S/C19H32N2O5.C6H14O.C4H11N/c1-4-8-14(19(25)26-5-2)20-12(3)17(22)21-15-10-7-6-9-13(15)11-16(21)18(23)24;1-2-3-4-5-6-7;1-4(2,3)5/h12-16,20H,4-11H2,1-3H3,(H,23,24);7H,2-6H2,1H3;5H2,1-3H3/t12-,13-,14-,15-,16-;;/m0../s1. The van der Waals surface area contributed by atoms with Crippen LogP contribution in [-0.2, 0) is 19.1 Å². The van der Waals surface area contributed by atoms with Gasteiger partial charge in [0.1, 0.15) is 12.1 Å². The first-order valence-corrected chi connectivity index (χ1v) is 14.7. The molecule has 0 radical (unpaired) electrons. The molecule has 9 heteroatoms. The Morgan fingerprint density at radius 1 is 1.05 bits per heavy atom. The van der Waals surface area contributed by atoms with Crippen molar-refractivity contribution in [2.45, 2.75) is 149 Å². The third-order valence-corrected chi connectivity index (χ3v) is 6.61. The fourth-order valence-electron chi connectivity index (χ4n) is 4.93. The number of hydrogen-bond acceptors (Lipinski definition) is 7. The minimum atomic E-state index is -0.935. The number of aliphatic hydroxyl groups excluding tert-OH is 1. The number of unbranched alkanes of at least 4 members (excludes halogenated alkanes) is 3. The van der Waals surface area contributed by atoms with Gasteiger partial charge in [-0.15, -0.1) is 0 Å². The van der Waals surface area contributed by atoms with Crippen molar-refractivity contribution in [1.29, 1.82) is 0 Å². The van der Waals surface area contributed by atoms with E-state index in [9.17, 15) is 19.5 Å². The second-order valence-electron chi connectivity index (χ2n) is 11.6. The molecule has 1 saturated carbocycles. The first-order valence-electron chi connectivity index (χ1n) is 14.7. The van der Waals surface area contributed by atoms with E-state index >= 15 is 0 Å². The fraction of sp³-hybridized carbons (Fsp3) is 0.897. The zero-order valence-corrected chi connectivity index (χ0v) is 25.1. The SMILES string of the molecule is CC(C)(C)N.CCCCCCO.CCC[C@H](N[C@@H](C)C(=O)N1[C@H](C(=O)O)C[C@@H]2CCCC[C@@H]21)C(=O)OCC. The number of nitrogens with one attached hydrogen (secondary N) is 1. The molecule has 2 rings (SSSR count). The second-order valence-corrected chi connectivity index (χ2v) is 11.6. The maximum Gasteiger partial charge on any atom is 0.326 e. The Labute approximate surface area is 231 Å². The van der Waals surface area contributed by atoms with Gasteiger partial charge < -0.3 is 25.6 Å². The molecule has 5 atom stereocenters. The van der Waals surface area contributed by atoms with Gasteiger partial charge in [0.25, 0.3) is 0 Å². The number of hydrogen-bond donors (Lipinski definition) is 4. The Kier molecular flexibility index (Phi) is 18.5. The van der Waals surface area contributed by atoms with E-state index in [0.717, 1.165) is 38.5 Å². The third kappa shape index (κ3) is 14.4. The van der Waals surface area contributed by atoms with Gasteiger partial charge in [-0.3, -0.25) is 14.9 Å². The topological polar surface area (TPSA) is 142 Å². The maximum absolute atomic E-state index is 13.1. The molecule has 2 aliphatic rings. The lowest BCUT2D eigenvalue weighted by Gasteiger charge is -2.35. The first-order chi connectivity index (χ1) is 17.8. The summed E-state index contributed by atoms with van der Waals surface area (Å²) in [5.74, 6) is -1.24. The van der Waals surface area contributed by atoms with Gasteiger partial charge in [-0.2, -0.15) is 0 Å². The Morgan fingerprint density at radius 3 is 2.16 bits per heavy atom. The highest BCUT2D eigenvalue weighted by atomic mass is 16.5. The molecular formula is C29H57N3O6. The van der Waals surface area contributed by atoms with E-state index in [1.807, 2.05) is 27.7 Å². The van der Waals surface area contributed by atoms with Gasteiger partial charge in [0.15, 0.2) is 0 Å². The van der Waals surface area contributed by atoms with Crippen LogP contribution in [0.5, 0.6) is 0 Å². The number of esters is 1. The second kappa shape index (κ2) is 19.4. The Bertz CT molecular complexity index is 672. The number of carbonyl (C=O) groups excluding carboxylic acids is 2. The smallest absolute Gasteiger partial charge is 0.326 e. The normalized spacial score (nSPS) is 22.1. The zero-order chi connectivity index (χ0) is 29.3. The van der Waals surface area contributed by atoms with E-state index in [4.69, 9.17) is 15.6 Å². The number of carboxylic acid groups (broad SMARTS) is 1. The molecule has 0 aromatic rings. The molecule has 0 aromatic carbocycles. The number of likely N-dealkylation sites (tertiary alicyclic amines) is 1. The van der Waals surface area contributed by atoms with Gasteiger partial charge in [0, 0.05) is 18.2 Å². The van der Waals surface area contributed by atoms with E-state index < -0.39 is 24.1 Å². The van der Waals surface area contributed by atoms with Crippen molar-refractivity contribution in [3.63, 3.8) is 0 Å². The molecule has 0 spiro atoms. The van der Waals surface area contributed by atoms with Crippen molar-refractivity contribution in [2.24, 2.45) is 11.7 Å². The molecule has 1 aliphatic carbocycles. The number of ether oxygens (including phenoxy) is 1. The summed E-state index contributed by atoms with van der Waals surface area (Å²) in [6.45, 7) is 14.1. The number of rotatable bonds is 12. The number of fused-ring (bicyclic) bond motifs is 1. The maximum atomic E-state index is 13.1. The lowest BCUT2D eigenvalue weighted by molar-refractivity contribution is -0.152. The van der Waals surface area contributed by atoms with Crippen LogP contribution in [0.1, 0.15) is 119 Å². The zero-order valence-electron chi connectivity index (χ0n) is 25.1. The lowest BCUT2D eigenvalue weighted by atomic mass is 9.84. The van der Waals surface area contributed by atoms with Crippen LogP contribution < -0.4 is 11.1 Å². The predicted molar refractivity (Wildman–Crippen MR) is 152 cm³/mol. The van der Waals surface area contributed by atoms with Crippen LogP contribution in [0.4, 0.5) is 0 Å². The van der Waals surface area contributed by atoms with E-state index in [1.165, 1.54) is 19.3 Å². The summed E-state index contributed by atoms with van der Waals surface area (Å²) in [5, 5.41) is 21.0. The summed E-state index contributed by atoms with van der Waals surface area (Å²) in [6, 6.07) is -1.92. The monoisotopic (exact) mass is 543 g/mol. The van der Waals surface area contributed by atoms with Crippen LogP contribution in [0.2, 0.25) is 0 Å². The molecule has 0 bridgehead atoms. The summed E-state index contributed by atoms with van der Waals surface area (Å²) in [7, 11) is 0. The molecule has 5 N–H and O–H groups in total. The minimum Gasteiger partial charge on any atom is -0.480 e. The summed E-state index contributed by atoms with van der Waals surface area (Å²) in [4.78, 5) is 38.5. The summed E-state index contributed by atoms with van der Waals surface area (Å²) >= 11 is 0. The van der Waals surface area contributed by atoms with E-state index in [0.29, 0.717) is 26.1 Å². The molecule has 1 heterocycles. The van der Waals surface area contributed by atoms with Crippen LogP contribution in [0, 0.1) is 5.92 Å². The summed E-state index contributed by atoms with van der Waals surface area (Å²) < 4.78 is 5.09. The van der Waals surface area contributed by atoms with Gasteiger partial charge in [-0.05, 0) is 72.6 Å². The molecule has 9 nitrogen and oxygen atoms in total. The molecule has 1 aliphatic heterocycles. The van der Waals surface area contributed by atoms with Gasteiger partial charge >= 0.3 is 11.9 Å². The number of aliphatic hydroxyl groups is 1. The van der Waals surface area contributed by atoms with Crippen molar-refractivity contribution in [1.82, 2.24) is 10.2 Å². The molecule has 224 valence electrons. The number of nitrogens with two attached hydrogens (primary N) is 1. The van der Waals surface area contributed by atoms with Crippen LogP contribution >= 0.6 is 0 Å². The van der Waals surface area contributed by atoms with Gasteiger partial charge in [-0.1, -0.05) is 52.4 Å². The lowest BCUT2D eigenvalue weighted by Crippen LogP contribution is -2.55. The number of nitrogens with zero attached hydrogens (tertiary/aromatic N) is 1. The number of amides is 1. The fourth-order valence-corrected chi connectivity index (χ4v) is 4.93. The molecule has 38 heavy (non-hydrogen) atoms. The number of carboxylic acids is 1. The van der Waals surface area contributed by atoms with Gasteiger partial charge in [0.2, 0.25) is 5.91 Å². The molecule has 1 amide bonds. The van der Waals surface area contributed by atoms with Crippen LogP contribution in [-0.4, -0.2) is 75.9 Å². The van der Waals surface area contributed by atoms with Gasteiger partial charge in [0.05, 0.1) is 12.6 Å². The molecule has 0 aromatic heterocycles. The quantitative estimate of drug-likeness (QED) is 0.211. The number of carbonyl (C=O) groups is 3. The van der Waals surface area contributed by atoms with Gasteiger partial charge in [-0.25, -0.2) is 4.79 Å². The van der Waals surface area contributed by atoms with Crippen molar-refractivity contribution >= 4 is 17.8 Å². The van der Waals surface area contributed by atoms with Crippen LogP contribution in [0.15, 0.2) is 0 Å². The highest BCUT2D eigenvalue weighted by Crippen LogP contribution is 2.40. The van der Waals surface area contributed by atoms with Crippen molar-refractivity contribution in [3.8, 4) is 0 Å². The molecule has 0 unspecified atom stereocenters. The van der Waals surface area contributed by atoms with E-state index in [1.54, 1.807) is 18.7 Å². The largest absolute Gasteiger partial charge is 0.480 e. The molecular weight excluding hydrogens is 486 g/mol. The number of aliphatic carboxylic acids is 1. The van der Waals surface area contributed by atoms with Crippen LogP contribution in [0.3, 0.4) is 0 Å². The van der Waals surface area contributed by atoms with Crippen LogP contribution in [0.25, 0.3) is 0 Å². The molecule has 2 fully saturated rings. The van der Waals surface area contributed by atoms with Crippen molar-refractivity contribution < 1.29 is 29.3 Å².